The summed E-state index contributed by atoms with van der Waals surface area (Å²) in [5, 5.41) is 7.07. The van der Waals surface area contributed by atoms with Crippen molar-refractivity contribution in [2.24, 2.45) is 0 Å². The summed E-state index contributed by atoms with van der Waals surface area (Å²) in [6, 6.07) is 0. The number of hydrogen-bond acceptors (Lipinski definition) is 3. The molecule has 1 saturated heterocycles. The van der Waals surface area contributed by atoms with Gasteiger partial charge in [-0.3, -0.25) is 0 Å². The molecule has 16 heavy (non-hydrogen) atoms. The van der Waals surface area contributed by atoms with Gasteiger partial charge in [-0.25, -0.2) is 0 Å². The first-order valence-corrected chi connectivity index (χ1v) is 6.28. The molecule has 1 rings (SSSR count). The first-order valence-electron chi connectivity index (χ1n) is 5.87. The molecule has 0 saturated carbocycles. The minimum absolute atomic E-state index is 0.198. The third-order valence-electron chi connectivity index (χ3n) is 2.89. The number of nitrogens with one attached hydrogen (secondary N) is 2. The van der Waals surface area contributed by atoms with Crippen LogP contribution in [0.15, 0.2) is 0 Å². The highest BCUT2D eigenvalue weighted by molar-refractivity contribution is 7.80. The van der Waals surface area contributed by atoms with E-state index in [4.69, 9.17) is 21.7 Å². The topological polar surface area (TPSA) is 42.5 Å². The van der Waals surface area contributed by atoms with Gasteiger partial charge in [-0.1, -0.05) is 13.3 Å². The van der Waals surface area contributed by atoms with E-state index in [1.807, 2.05) is 0 Å². The molecule has 1 aliphatic heterocycles. The molecule has 1 heterocycles. The third-order valence-corrected chi connectivity index (χ3v) is 3.18. The second-order valence-corrected chi connectivity index (χ2v) is 4.56. The lowest BCUT2D eigenvalue weighted by Gasteiger charge is -2.26. The molecule has 2 N–H and O–H groups in total. The fourth-order valence-corrected chi connectivity index (χ4v) is 1.82. The lowest BCUT2D eigenvalue weighted by molar-refractivity contribution is -0.0126. The second-order valence-electron chi connectivity index (χ2n) is 4.15. The Morgan fingerprint density at radius 3 is 2.88 bits per heavy atom. The van der Waals surface area contributed by atoms with E-state index in [1.54, 1.807) is 7.11 Å². The van der Waals surface area contributed by atoms with E-state index in [0.29, 0.717) is 18.3 Å². The van der Waals surface area contributed by atoms with Gasteiger partial charge in [0, 0.05) is 33.2 Å². The van der Waals surface area contributed by atoms with E-state index >= 15 is 0 Å². The van der Waals surface area contributed by atoms with Crippen molar-refractivity contribution < 1.29 is 9.47 Å². The highest BCUT2D eigenvalue weighted by Crippen LogP contribution is 2.21. The van der Waals surface area contributed by atoms with Crippen molar-refractivity contribution in [3.63, 3.8) is 0 Å². The fourth-order valence-electron chi connectivity index (χ4n) is 1.64. The van der Waals surface area contributed by atoms with Gasteiger partial charge < -0.3 is 20.1 Å². The second kappa shape index (κ2) is 7.04. The molecule has 0 aromatic rings. The van der Waals surface area contributed by atoms with Crippen LogP contribution in [0.2, 0.25) is 0 Å². The van der Waals surface area contributed by atoms with Crippen LogP contribution in [0.5, 0.6) is 0 Å². The van der Waals surface area contributed by atoms with Gasteiger partial charge in [-0.2, -0.15) is 0 Å². The maximum Gasteiger partial charge on any atom is 0.166 e. The van der Waals surface area contributed by atoms with Gasteiger partial charge in [0.25, 0.3) is 0 Å². The number of methoxy groups -OCH3 is 1. The maximum absolute atomic E-state index is 5.50. The van der Waals surface area contributed by atoms with E-state index in [0.717, 1.165) is 26.0 Å². The van der Waals surface area contributed by atoms with E-state index in [2.05, 4.69) is 17.6 Å². The van der Waals surface area contributed by atoms with E-state index in [9.17, 15) is 0 Å². The summed E-state index contributed by atoms with van der Waals surface area (Å²) in [6.45, 7) is 5.22. The molecule has 0 bridgehead atoms. The van der Waals surface area contributed by atoms with Crippen molar-refractivity contribution in [1.82, 2.24) is 10.6 Å². The smallest absolute Gasteiger partial charge is 0.166 e. The highest BCUT2D eigenvalue weighted by Gasteiger charge is 2.34. The normalized spacial score (nSPS) is 24.4. The van der Waals surface area contributed by atoms with Crippen molar-refractivity contribution in [1.29, 1.82) is 0 Å². The molecule has 0 aliphatic carbocycles. The summed E-state index contributed by atoms with van der Waals surface area (Å²) in [5.41, 5.74) is -0.198. The van der Waals surface area contributed by atoms with Gasteiger partial charge in [0.1, 0.15) is 5.60 Å². The molecule has 94 valence electrons. The Balaban J connectivity index is 2.19. The average molecular weight is 246 g/mol. The first-order chi connectivity index (χ1) is 7.72. The summed E-state index contributed by atoms with van der Waals surface area (Å²) < 4.78 is 10.9. The van der Waals surface area contributed by atoms with E-state index in [-0.39, 0.29) is 5.60 Å². The number of ether oxygens (including phenoxy) is 2. The quantitative estimate of drug-likeness (QED) is 0.542. The van der Waals surface area contributed by atoms with Crippen LogP contribution < -0.4 is 10.6 Å². The van der Waals surface area contributed by atoms with Crippen molar-refractivity contribution in [2.75, 3.05) is 33.4 Å². The molecule has 4 nitrogen and oxygen atoms in total. The predicted octanol–water partition coefficient (Wildman–Crippen LogP) is 1.06. The molecule has 0 aromatic heterocycles. The zero-order chi connectivity index (χ0) is 11.9. The Hall–Kier alpha value is -0.390. The molecular formula is C11H22N2O2S. The number of hydrogen-bond donors (Lipinski definition) is 2. The highest BCUT2D eigenvalue weighted by atomic mass is 32.1. The summed E-state index contributed by atoms with van der Waals surface area (Å²) in [7, 11) is 1.73. The van der Waals surface area contributed by atoms with Crippen LogP contribution >= 0.6 is 12.2 Å². The Labute approximate surface area is 103 Å². The van der Waals surface area contributed by atoms with Crippen LogP contribution in [0, 0.1) is 0 Å². The average Bonchev–Trinajstić information content (AvgIpc) is 2.76. The van der Waals surface area contributed by atoms with Gasteiger partial charge in [-0.05, 0) is 18.6 Å². The van der Waals surface area contributed by atoms with Crippen LogP contribution in [0.3, 0.4) is 0 Å². The van der Waals surface area contributed by atoms with Crippen LogP contribution in [0.4, 0.5) is 0 Å². The fraction of sp³-hybridized carbons (Fsp3) is 0.909. The molecule has 1 aliphatic rings. The molecule has 1 fully saturated rings. The Morgan fingerprint density at radius 1 is 1.50 bits per heavy atom. The van der Waals surface area contributed by atoms with Crippen molar-refractivity contribution in [3.8, 4) is 0 Å². The van der Waals surface area contributed by atoms with Gasteiger partial charge >= 0.3 is 0 Å². The van der Waals surface area contributed by atoms with Crippen molar-refractivity contribution in [2.45, 2.75) is 31.8 Å². The van der Waals surface area contributed by atoms with Crippen molar-refractivity contribution >= 4 is 17.3 Å². The lowest BCUT2D eigenvalue weighted by Crippen LogP contribution is -2.47. The van der Waals surface area contributed by atoms with E-state index in [1.165, 1.54) is 6.42 Å². The van der Waals surface area contributed by atoms with Gasteiger partial charge in [0.15, 0.2) is 5.11 Å². The van der Waals surface area contributed by atoms with Crippen LogP contribution in [-0.2, 0) is 9.47 Å². The Morgan fingerprint density at radius 2 is 2.31 bits per heavy atom. The number of rotatable bonds is 6. The minimum Gasteiger partial charge on any atom is -0.378 e. The monoisotopic (exact) mass is 246 g/mol. The first kappa shape index (κ1) is 13.7. The molecule has 0 aromatic carbocycles. The number of unbranched alkanes of at least 4 members (excludes halogenated alkanes) is 1. The zero-order valence-electron chi connectivity index (χ0n) is 10.2. The molecule has 1 atom stereocenters. The van der Waals surface area contributed by atoms with Gasteiger partial charge in [0.05, 0.1) is 6.61 Å². The van der Waals surface area contributed by atoms with Crippen molar-refractivity contribution in [3.05, 3.63) is 0 Å². The summed E-state index contributed by atoms with van der Waals surface area (Å²) in [6.07, 6.45) is 3.24. The van der Waals surface area contributed by atoms with Crippen LogP contribution in [-0.4, -0.2) is 44.1 Å². The molecule has 0 amide bonds. The number of thiocarbonyl (C=S) groups is 1. The third kappa shape index (κ3) is 4.23. The molecular weight excluding hydrogens is 224 g/mol. The summed E-state index contributed by atoms with van der Waals surface area (Å²) in [4.78, 5) is 0. The van der Waals surface area contributed by atoms with Crippen LogP contribution in [0.25, 0.3) is 0 Å². The summed E-state index contributed by atoms with van der Waals surface area (Å²) in [5.74, 6) is 0. The molecule has 1 unspecified atom stereocenters. The largest absolute Gasteiger partial charge is 0.378 e. The molecule has 0 spiro atoms. The molecule has 0 radical (unpaired) electrons. The summed E-state index contributed by atoms with van der Waals surface area (Å²) >= 11 is 5.18. The van der Waals surface area contributed by atoms with Gasteiger partial charge in [0.2, 0.25) is 0 Å². The zero-order valence-corrected chi connectivity index (χ0v) is 11.0. The lowest BCUT2D eigenvalue weighted by atomic mass is 10.0. The standard InChI is InChI=1S/C11H22N2O2S/c1-3-4-6-12-10(16)13-8-11(14-2)5-7-15-9-11/h3-9H2,1-2H3,(H2,12,13,16). The van der Waals surface area contributed by atoms with Gasteiger partial charge in [-0.15, -0.1) is 0 Å². The SMILES string of the molecule is CCCCNC(=S)NCC1(OC)CCOC1. The van der Waals surface area contributed by atoms with Crippen LogP contribution in [0.1, 0.15) is 26.2 Å². The Bertz CT molecular complexity index is 218. The predicted molar refractivity (Wildman–Crippen MR) is 68.7 cm³/mol. The van der Waals surface area contributed by atoms with E-state index < -0.39 is 0 Å². The molecule has 5 heteroatoms. The Kier molecular flexibility index (Phi) is 6.01. The minimum atomic E-state index is -0.198. The maximum atomic E-state index is 5.50.